The number of rotatable bonds is 3. The lowest BCUT2D eigenvalue weighted by Gasteiger charge is -2.60. The van der Waals surface area contributed by atoms with Gasteiger partial charge in [-0.3, -0.25) is 4.79 Å². The van der Waals surface area contributed by atoms with Crippen LogP contribution in [0.2, 0.25) is 0 Å². The zero-order valence-corrected chi connectivity index (χ0v) is 11.5. The number of alkyl halides is 2. The average molecular weight is 276 g/mol. The van der Waals surface area contributed by atoms with Crippen molar-refractivity contribution in [1.82, 2.24) is 5.32 Å². The highest BCUT2D eigenvalue weighted by atomic mass is 35.5. The summed E-state index contributed by atoms with van der Waals surface area (Å²) in [5, 5.41) is 2.98. The monoisotopic (exact) mass is 275 g/mol. The minimum atomic E-state index is -0.0500. The molecule has 0 aromatic carbocycles. The third-order valence-electron chi connectivity index (χ3n) is 4.89. The second-order valence-corrected chi connectivity index (χ2v) is 7.59. The zero-order valence-electron chi connectivity index (χ0n) is 9.98. The molecule has 1 N–H and O–H groups in total. The summed E-state index contributed by atoms with van der Waals surface area (Å²) in [5.74, 6) is 1.60. The molecule has 0 saturated heterocycles. The lowest BCUT2D eigenvalue weighted by molar-refractivity contribution is -0.120. The van der Waals surface area contributed by atoms with Crippen LogP contribution in [0.4, 0.5) is 0 Å². The molecule has 96 valence electrons. The van der Waals surface area contributed by atoms with Crippen molar-refractivity contribution in [1.29, 1.82) is 0 Å². The van der Waals surface area contributed by atoms with E-state index in [9.17, 15) is 4.79 Å². The van der Waals surface area contributed by atoms with E-state index < -0.39 is 0 Å². The molecule has 4 heteroatoms. The van der Waals surface area contributed by atoms with E-state index in [0.29, 0.717) is 0 Å². The Balaban J connectivity index is 1.72. The van der Waals surface area contributed by atoms with Gasteiger partial charge in [0.2, 0.25) is 5.91 Å². The minimum Gasteiger partial charge on any atom is -0.355 e. The second kappa shape index (κ2) is 4.03. The van der Waals surface area contributed by atoms with Crippen LogP contribution in [-0.2, 0) is 4.79 Å². The van der Waals surface area contributed by atoms with Gasteiger partial charge in [0, 0.05) is 11.4 Å². The van der Waals surface area contributed by atoms with Gasteiger partial charge in [-0.1, -0.05) is 0 Å². The van der Waals surface area contributed by atoms with Crippen LogP contribution in [0.5, 0.6) is 0 Å². The molecule has 4 saturated carbocycles. The van der Waals surface area contributed by atoms with Crippen LogP contribution < -0.4 is 5.32 Å². The lowest BCUT2D eigenvalue weighted by Crippen LogP contribution is -2.56. The Hall–Kier alpha value is 0.0500. The molecule has 4 bridgehead atoms. The lowest BCUT2D eigenvalue weighted by atomic mass is 9.49. The van der Waals surface area contributed by atoms with Crippen LogP contribution in [0.3, 0.4) is 0 Å². The Morgan fingerprint density at radius 3 is 2.41 bits per heavy atom. The van der Waals surface area contributed by atoms with E-state index >= 15 is 0 Å². The van der Waals surface area contributed by atoms with Crippen LogP contribution in [0, 0.1) is 17.3 Å². The van der Waals surface area contributed by atoms with Gasteiger partial charge < -0.3 is 5.32 Å². The molecule has 4 rings (SSSR count). The zero-order chi connectivity index (χ0) is 12.1. The fourth-order valence-electron chi connectivity index (χ4n) is 4.88. The predicted molar refractivity (Wildman–Crippen MR) is 69.4 cm³/mol. The van der Waals surface area contributed by atoms with Crippen LogP contribution in [0.25, 0.3) is 0 Å². The standard InChI is InChI=1S/C13H19Cl2NO/c14-6-11(17)16-8-12-2-9-1-10(3-12)5-13(15,4-9)7-12/h9-10H,1-8H2,(H,16,17)/t9-,10+,12?,13?. The summed E-state index contributed by atoms with van der Waals surface area (Å²) in [4.78, 5) is 11.3. The van der Waals surface area contributed by atoms with E-state index in [1.807, 2.05) is 0 Å². The summed E-state index contributed by atoms with van der Waals surface area (Å²) in [7, 11) is 0. The molecule has 0 aliphatic heterocycles. The van der Waals surface area contributed by atoms with Gasteiger partial charge in [-0.15, -0.1) is 23.2 Å². The Bertz CT molecular complexity index is 330. The third kappa shape index (κ3) is 2.19. The van der Waals surface area contributed by atoms with E-state index in [-0.39, 0.29) is 22.1 Å². The van der Waals surface area contributed by atoms with Gasteiger partial charge in [0.15, 0.2) is 0 Å². The molecule has 4 atom stereocenters. The van der Waals surface area contributed by atoms with E-state index in [1.54, 1.807) is 0 Å². The van der Waals surface area contributed by atoms with Crippen LogP contribution in [-0.4, -0.2) is 23.2 Å². The number of hydrogen-bond acceptors (Lipinski definition) is 1. The number of nitrogens with one attached hydrogen (secondary N) is 1. The number of amides is 1. The Labute approximate surface area is 112 Å². The molecule has 4 aliphatic rings. The number of halogens is 2. The summed E-state index contributed by atoms with van der Waals surface area (Å²) in [6, 6.07) is 0. The van der Waals surface area contributed by atoms with E-state index in [0.717, 1.165) is 24.8 Å². The maximum Gasteiger partial charge on any atom is 0.234 e. The highest BCUT2D eigenvalue weighted by Crippen LogP contribution is 2.63. The van der Waals surface area contributed by atoms with Gasteiger partial charge in [0.1, 0.15) is 5.88 Å². The van der Waals surface area contributed by atoms with Crippen LogP contribution >= 0.6 is 23.2 Å². The molecule has 0 radical (unpaired) electrons. The maximum atomic E-state index is 11.3. The van der Waals surface area contributed by atoms with Crippen molar-refractivity contribution >= 4 is 29.1 Å². The summed E-state index contributed by atoms with van der Waals surface area (Å²) in [6.07, 6.45) is 7.32. The van der Waals surface area contributed by atoms with Crippen molar-refractivity contribution in [2.45, 2.75) is 43.4 Å². The first-order valence-corrected chi connectivity index (χ1v) is 7.45. The van der Waals surface area contributed by atoms with Crippen molar-refractivity contribution in [2.24, 2.45) is 17.3 Å². The normalized spacial score (nSPS) is 47.2. The first-order valence-electron chi connectivity index (χ1n) is 6.54. The van der Waals surface area contributed by atoms with Gasteiger partial charge in [-0.05, 0) is 55.8 Å². The van der Waals surface area contributed by atoms with Crippen LogP contribution in [0.15, 0.2) is 0 Å². The highest BCUT2D eigenvalue weighted by Gasteiger charge is 2.56. The molecular formula is C13H19Cl2NO. The van der Waals surface area contributed by atoms with Gasteiger partial charge in [0.05, 0.1) is 0 Å². The van der Waals surface area contributed by atoms with E-state index in [1.165, 1.54) is 32.1 Å². The number of carbonyl (C=O) groups is 1. The molecule has 17 heavy (non-hydrogen) atoms. The quantitative estimate of drug-likeness (QED) is 0.789. The van der Waals surface area contributed by atoms with E-state index in [2.05, 4.69) is 5.32 Å². The molecule has 2 unspecified atom stereocenters. The fourth-order valence-corrected chi connectivity index (χ4v) is 5.69. The summed E-state index contributed by atoms with van der Waals surface area (Å²) in [5.41, 5.74) is 0.271. The van der Waals surface area contributed by atoms with Gasteiger partial charge in [-0.25, -0.2) is 0 Å². The Morgan fingerprint density at radius 1 is 1.24 bits per heavy atom. The number of carbonyl (C=O) groups excluding carboxylic acids is 1. The molecule has 4 fully saturated rings. The first kappa shape index (κ1) is 12.1. The van der Waals surface area contributed by atoms with Crippen molar-refractivity contribution < 1.29 is 4.79 Å². The van der Waals surface area contributed by atoms with Crippen molar-refractivity contribution in [3.8, 4) is 0 Å². The highest BCUT2D eigenvalue weighted by molar-refractivity contribution is 6.27. The number of hydrogen-bond donors (Lipinski definition) is 1. The molecule has 1 amide bonds. The summed E-state index contributed by atoms with van der Waals surface area (Å²) < 4.78 is 0. The fraction of sp³-hybridized carbons (Fsp3) is 0.923. The molecule has 0 spiro atoms. The van der Waals surface area contributed by atoms with E-state index in [4.69, 9.17) is 23.2 Å². The Kier molecular flexibility index (Phi) is 2.87. The SMILES string of the molecule is O=C(CCl)NCC12C[C@@H]3C[C@@H](CC(Cl)(C3)C1)C2. The first-order chi connectivity index (χ1) is 8.03. The molecule has 0 heterocycles. The van der Waals surface area contributed by atoms with Crippen LogP contribution in [0.1, 0.15) is 38.5 Å². The molecule has 0 aromatic heterocycles. The third-order valence-corrected chi connectivity index (χ3v) is 5.58. The van der Waals surface area contributed by atoms with Gasteiger partial charge in [-0.2, -0.15) is 0 Å². The smallest absolute Gasteiger partial charge is 0.234 e. The van der Waals surface area contributed by atoms with Crippen molar-refractivity contribution in [3.05, 3.63) is 0 Å². The molecular weight excluding hydrogens is 257 g/mol. The van der Waals surface area contributed by atoms with Crippen molar-refractivity contribution in [3.63, 3.8) is 0 Å². The minimum absolute atomic E-state index is 0.0375. The second-order valence-electron chi connectivity index (χ2n) is 6.52. The average Bonchev–Trinajstić information content (AvgIpc) is 2.22. The molecule has 0 aromatic rings. The molecule has 2 nitrogen and oxygen atoms in total. The maximum absolute atomic E-state index is 11.3. The van der Waals surface area contributed by atoms with Gasteiger partial charge in [0.25, 0.3) is 0 Å². The summed E-state index contributed by atoms with van der Waals surface area (Å²) in [6.45, 7) is 0.778. The predicted octanol–water partition coefficient (Wildman–Crippen LogP) is 2.92. The topological polar surface area (TPSA) is 29.1 Å². The largest absolute Gasteiger partial charge is 0.355 e. The molecule has 4 aliphatic carbocycles. The van der Waals surface area contributed by atoms with Gasteiger partial charge >= 0.3 is 0 Å². The summed E-state index contributed by atoms with van der Waals surface area (Å²) >= 11 is 12.3. The van der Waals surface area contributed by atoms with Crippen molar-refractivity contribution in [2.75, 3.05) is 12.4 Å². The Morgan fingerprint density at radius 2 is 1.88 bits per heavy atom.